The Hall–Kier alpha value is -2.07. The Bertz CT molecular complexity index is 994. The first-order valence-corrected chi connectivity index (χ1v) is 10.2. The number of aromatic hydroxyl groups is 1. The van der Waals surface area contributed by atoms with E-state index in [9.17, 15) is 18.3 Å². The second kappa shape index (κ2) is 7.51. The number of urea groups is 1. The number of halogens is 2. The van der Waals surface area contributed by atoms with Crippen LogP contribution in [-0.2, 0) is 9.84 Å². The highest BCUT2D eigenvalue weighted by Crippen LogP contribution is 2.43. The number of benzene rings is 1. The number of rotatable bonds is 4. The van der Waals surface area contributed by atoms with Gasteiger partial charge in [-0.3, -0.25) is 4.90 Å². The smallest absolute Gasteiger partial charge is 0.324 e. The summed E-state index contributed by atoms with van der Waals surface area (Å²) in [6.07, 6.45) is 1.80. The Kier molecular flexibility index (Phi) is 5.48. The van der Waals surface area contributed by atoms with Gasteiger partial charge in [-0.2, -0.15) is 0 Å². The molecule has 3 rings (SSSR count). The van der Waals surface area contributed by atoms with Crippen LogP contribution in [0.1, 0.15) is 6.42 Å². The molecule has 0 unspecified atom stereocenters. The summed E-state index contributed by atoms with van der Waals surface area (Å²) >= 11 is 12.1. The van der Waals surface area contributed by atoms with Gasteiger partial charge in [-0.1, -0.05) is 23.2 Å². The molecular formula is C16H16Cl2N4O4S. The maximum Gasteiger partial charge on any atom is 0.324 e. The quantitative estimate of drug-likeness (QED) is 0.639. The van der Waals surface area contributed by atoms with E-state index in [2.05, 4.69) is 10.3 Å². The van der Waals surface area contributed by atoms with Crippen LogP contribution in [0, 0.1) is 0 Å². The van der Waals surface area contributed by atoms with Crippen LogP contribution in [0.2, 0.25) is 10.2 Å². The number of phenols is 1. The van der Waals surface area contributed by atoms with Crippen LogP contribution in [0.4, 0.5) is 16.2 Å². The molecule has 144 valence electrons. The third-order valence-electron chi connectivity index (χ3n) is 4.24. The minimum Gasteiger partial charge on any atom is -0.504 e. The number of nitrogens with one attached hydrogen (secondary N) is 1. The first-order valence-electron chi connectivity index (χ1n) is 7.91. The number of carbonyl (C=O) groups is 1. The number of nitrogens with two attached hydrogens (primary N) is 1. The average molecular weight is 431 g/mol. The summed E-state index contributed by atoms with van der Waals surface area (Å²) < 4.78 is 25.9. The topological polar surface area (TPSA) is 126 Å². The molecule has 27 heavy (non-hydrogen) atoms. The SMILES string of the molecule is NC(=O)N(c1cccnc1Cl)c1ccc(Cl)c(S(=O)(=O)[C@H]2CCNC2)c1O. The lowest BCUT2D eigenvalue weighted by atomic mass is 10.2. The molecule has 2 aromatic rings. The molecule has 1 aliphatic heterocycles. The van der Waals surface area contributed by atoms with Gasteiger partial charge in [0, 0.05) is 12.7 Å². The third kappa shape index (κ3) is 3.55. The van der Waals surface area contributed by atoms with Crippen LogP contribution in [0.15, 0.2) is 35.4 Å². The Balaban J connectivity index is 2.20. The van der Waals surface area contributed by atoms with Crippen molar-refractivity contribution in [2.75, 3.05) is 18.0 Å². The minimum atomic E-state index is -3.95. The molecule has 1 aliphatic rings. The largest absolute Gasteiger partial charge is 0.504 e. The van der Waals surface area contributed by atoms with E-state index < -0.39 is 31.8 Å². The van der Waals surface area contributed by atoms with Crippen molar-refractivity contribution in [3.63, 3.8) is 0 Å². The van der Waals surface area contributed by atoms with Crippen molar-refractivity contribution in [2.24, 2.45) is 5.73 Å². The van der Waals surface area contributed by atoms with Gasteiger partial charge in [0.2, 0.25) is 0 Å². The first-order chi connectivity index (χ1) is 12.7. The van der Waals surface area contributed by atoms with Gasteiger partial charge in [0.05, 0.1) is 21.6 Å². The predicted octanol–water partition coefficient (Wildman–Crippen LogP) is 2.45. The van der Waals surface area contributed by atoms with Crippen LogP contribution >= 0.6 is 23.2 Å². The summed E-state index contributed by atoms with van der Waals surface area (Å²) in [5.41, 5.74) is 5.39. The Morgan fingerprint density at radius 2 is 2.04 bits per heavy atom. The van der Waals surface area contributed by atoms with E-state index in [0.29, 0.717) is 13.0 Å². The summed E-state index contributed by atoms with van der Waals surface area (Å²) in [6, 6.07) is 4.58. The molecule has 2 amide bonds. The van der Waals surface area contributed by atoms with Crippen molar-refractivity contribution in [1.82, 2.24) is 10.3 Å². The fourth-order valence-corrected chi connectivity index (χ4v) is 5.45. The second-order valence-corrected chi connectivity index (χ2v) is 8.82. The number of hydrogen-bond donors (Lipinski definition) is 3. The Morgan fingerprint density at radius 1 is 1.30 bits per heavy atom. The molecule has 8 nitrogen and oxygen atoms in total. The summed E-state index contributed by atoms with van der Waals surface area (Å²) in [7, 11) is -3.95. The molecule has 11 heteroatoms. The number of aromatic nitrogens is 1. The average Bonchev–Trinajstić information content (AvgIpc) is 3.14. The number of primary amides is 1. The van der Waals surface area contributed by atoms with E-state index in [-0.39, 0.29) is 28.1 Å². The van der Waals surface area contributed by atoms with Crippen LogP contribution in [0.25, 0.3) is 0 Å². The molecule has 4 N–H and O–H groups in total. The zero-order valence-electron chi connectivity index (χ0n) is 13.9. The van der Waals surface area contributed by atoms with Gasteiger partial charge in [0.15, 0.2) is 20.7 Å². The molecule has 1 fully saturated rings. The molecule has 1 atom stereocenters. The molecule has 0 saturated carbocycles. The highest BCUT2D eigenvalue weighted by molar-refractivity contribution is 7.92. The number of amides is 2. The fourth-order valence-electron chi connectivity index (χ4n) is 2.96. The Labute approximate surface area is 165 Å². The van der Waals surface area contributed by atoms with Crippen molar-refractivity contribution in [2.45, 2.75) is 16.6 Å². The second-order valence-electron chi connectivity index (χ2n) is 5.89. The molecule has 0 spiro atoms. The maximum absolute atomic E-state index is 13.0. The van der Waals surface area contributed by atoms with Crippen LogP contribution in [-0.4, -0.2) is 42.9 Å². The lowest BCUT2D eigenvalue weighted by Gasteiger charge is -2.24. The van der Waals surface area contributed by atoms with E-state index in [1.54, 1.807) is 0 Å². The van der Waals surface area contributed by atoms with Gasteiger partial charge >= 0.3 is 6.03 Å². The van der Waals surface area contributed by atoms with Gasteiger partial charge < -0.3 is 16.2 Å². The lowest BCUT2D eigenvalue weighted by molar-refractivity contribution is 0.256. The van der Waals surface area contributed by atoms with Crippen molar-refractivity contribution in [3.05, 3.63) is 40.6 Å². The summed E-state index contributed by atoms with van der Waals surface area (Å²) in [6.45, 7) is 0.789. The van der Waals surface area contributed by atoms with Gasteiger partial charge in [-0.15, -0.1) is 0 Å². The van der Waals surface area contributed by atoms with E-state index in [4.69, 9.17) is 28.9 Å². The van der Waals surface area contributed by atoms with Gasteiger partial charge in [-0.25, -0.2) is 18.2 Å². The number of pyridine rings is 1. The number of carbonyl (C=O) groups excluding carboxylic acids is 1. The van der Waals surface area contributed by atoms with Gasteiger partial charge in [0.25, 0.3) is 0 Å². The summed E-state index contributed by atoms with van der Waals surface area (Å²) in [5.74, 6) is -0.673. The number of anilines is 2. The standard InChI is InChI=1S/C16H16Cl2N4O4S/c17-10-3-4-11(22(16(19)24)12-2-1-6-21-15(12)18)13(23)14(10)27(25,26)9-5-7-20-8-9/h1-4,6,9,20,23H,5,7-8H2,(H2,19,24)/t9-/m0/s1. The summed E-state index contributed by atoms with van der Waals surface area (Å²) in [4.78, 5) is 16.4. The molecule has 1 aromatic carbocycles. The summed E-state index contributed by atoms with van der Waals surface area (Å²) in [5, 5.41) is 12.8. The molecule has 0 radical (unpaired) electrons. The van der Waals surface area contributed by atoms with Crippen molar-refractivity contribution < 1.29 is 18.3 Å². The molecule has 2 heterocycles. The third-order valence-corrected chi connectivity index (χ3v) is 7.22. The van der Waals surface area contributed by atoms with Crippen molar-refractivity contribution in [1.29, 1.82) is 0 Å². The normalized spacial score (nSPS) is 17.0. The number of nitrogens with zero attached hydrogens (tertiary/aromatic N) is 2. The number of sulfone groups is 1. The van der Waals surface area contributed by atoms with E-state index in [1.165, 1.54) is 30.5 Å². The lowest BCUT2D eigenvalue weighted by Crippen LogP contribution is -2.32. The van der Waals surface area contributed by atoms with Crippen LogP contribution in [0.3, 0.4) is 0 Å². The van der Waals surface area contributed by atoms with Gasteiger partial charge in [0.1, 0.15) is 4.90 Å². The molecular weight excluding hydrogens is 415 g/mol. The Morgan fingerprint density at radius 3 is 2.63 bits per heavy atom. The monoisotopic (exact) mass is 430 g/mol. The van der Waals surface area contributed by atoms with Crippen molar-refractivity contribution in [3.8, 4) is 5.75 Å². The highest BCUT2D eigenvalue weighted by Gasteiger charge is 2.36. The zero-order valence-corrected chi connectivity index (χ0v) is 16.2. The number of hydrogen-bond acceptors (Lipinski definition) is 6. The molecule has 0 aliphatic carbocycles. The highest BCUT2D eigenvalue weighted by atomic mass is 35.5. The maximum atomic E-state index is 13.0. The number of phenolic OH excluding ortho intramolecular Hbond substituents is 1. The first kappa shape index (κ1) is 19.7. The van der Waals surface area contributed by atoms with Gasteiger partial charge in [-0.05, 0) is 37.2 Å². The minimum absolute atomic E-state index is 0.0462. The molecule has 1 aromatic heterocycles. The van der Waals surface area contributed by atoms with Crippen molar-refractivity contribution >= 4 is 50.4 Å². The fraction of sp³-hybridized carbons (Fsp3) is 0.250. The molecule has 0 bridgehead atoms. The van der Waals surface area contributed by atoms with E-state index in [1.807, 2.05) is 0 Å². The van der Waals surface area contributed by atoms with Crippen LogP contribution < -0.4 is 16.0 Å². The molecule has 1 saturated heterocycles. The predicted molar refractivity (Wildman–Crippen MR) is 103 cm³/mol. The zero-order chi connectivity index (χ0) is 19.8. The van der Waals surface area contributed by atoms with Crippen LogP contribution in [0.5, 0.6) is 5.75 Å². The van der Waals surface area contributed by atoms with E-state index >= 15 is 0 Å². The van der Waals surface area contributed by atoms with E-state index in [0.717, 1.165) is 4.90 Å².